The fourth-order valence-electron chi connectivity index (χ4n) is 4.81. The lowest BCUT2D eigenvalue weighted by Crippen LogP contribution is -2.51. The number of methoxy groups -OCH3 is 1. The number of rotatable bonds is 3. The van der Waals surface area contributed by atoms with Crippen molar-refractivity contribution in [2.24, 2.45) is 0 Å². The largest absolute Gasteiger partial charge is 0.481 e. The van der Waals surface area contributed by atoms with Crippen molar-refractivity contribution in [3.63, 3.8) is 0 Å². The molecule has 0 radical (unpaired) electrons. The number of pyridine rings is 2. The highest BCUT2D eigenvalue weighted by atomic mass is 16.5. The Labute approximate surface area is 187 Å². The third kappa shape index (κ3) is 3.31. The maximum Gasteiger partial charge on any atom is 0.219 e. The van der Waals surface area contributed by atoms with Gasteiger partial charge in [0, 0.05) is 56.3 Å². The van der Waals surface area contributed by atoms with Gasteiger partial charge in [-0.2, -0.15) is 0 Å². The maximum absolute atomic E-state index is 11.8. The van der Waals surface area contributed by atoms with Crippen molar-refractivity contribution in [3.05, 3.63) is 42.7 Å². The molecule has 1 amide bonds. The number of anilines is 2. The van der Waals surface area contributed by atoms with Crippen molar-refractivity contribution >= 4 is 28.2 Å². The van der Waals surface area contributed by atoms with Crippen LogP contribution in [0.25, 0.3) is 22.0 Å². The van der Waals surface area contributed by atoms with Crippen LogP contribution in [0.3, 0.4) is 0 Å². The molecule has 5 rings (SSSR count). The quantitative estimate of drug-likeness (QED) is 0.680. The van der Waals surface area contributed by atoms with Crippen LogP contribution in [0.1, 0.15) is 19.8 Å². The Morgan fingerprint density at radius 3 is 2.50 bits per heavy atom. The number of amides is 1. The fraction of sp³-hybridized carbons (Fsp3) is 0.375. The Hall–Kier alpha value is -3.39. The van der Waals surface area contributed by atoms with Gasteiger partial charge < -0.3 is 24.5 Å². The molecule has 0 aliphatic carbocycles. The van der Waals surface area contributed by atoms with E-state index < -0.39 is 6.35 Å². The van der Waals surface area contributed by atoms with Gasteiger partial charge in [-0.05, 0) is 36.6 Å². The third-order valence-corrected chi connectivity index (χ3v) is 6.64. The Morgan fingerprint density at radius 2 is 1.84 bits per heavy atom. The number of hydrogen-bond donors (Lipinski definition) is 1. The highest BCUT2D eigenvalue weighted by molar-refractivity contribution is 6.02. The number of aliphatic hydroxyl groups excluding tert-OH is 1. The van der Waals surface area contributed by atoms with E-state index in [1.807, 2.05) is 47.3 Å². The number of carbonyl (C=O) groups is 1. The summed E-state index contributed by atoms with van der Waals surface area (Å²) in [5.41, 5.74) is 4.79. The molecule has 2 aliphatic heterocycles. The molecule has 1 atom stereocenters. The first kappa shape index (κ1) is 20.5. The molecular formula is C24H27N5O3. The summed E-state index contributed by atoms with van der Waals surface area (Å²) >= 11 is 0. The highest BCUT2D eigenvalue weighted by Crippen LogP contribution is 2.45. The van der Waals surface area contributed by atoms with Crippen molar-refractivity contribution in [2.75, 3.05) is 37.0 Å². The summed E-state index contributed by atoms with van der Waals surface area (Å²) in [6.45, 7) is 3.02. The Balaban J connectivity index is 1.57. The molecule has 0 spiro atoms. The SMILES string of the molecule is COc1ccc(-c2ccc3ncc4c(c3c2)N(C2CCN(C(C)=O)CC2)C(O)N4C)cn1. The van der Waals surface area contributed by atoms with Gasteiger partial charge in [-0.3, -0.25) is 9.78 Å². The van der Waals surface area contributed by atoms with Crippen LogP contribution in [0.4, 0.5) is 11.4 Å². The first-order valence-corrected chi connectivity index (χ1v) is 10.9. The number of ether oxygens (including phenoxy) is 1. The summed E-state index contributed by atoms with van der Waals surface area (Å²) in [5.74, 6) is 0.681. The zero-order valence-corrected chi connectivity index (χ0v) is 18.5. The fourth-order valence-corrected chi connectivity index (χ4v) is 4.81. The van der Waals surface area contributed by atoms with E-state index in [9.17, 15) is 9.90 Å². The van der Waals surface area contributed by atoms with Crippen LogP contribution in [0.2, 0.25) is 0 Å². The second-order valence-corrected chi connectivity index (χ2v) is 8.42. The number of aromatic nitrogens is 2. The molecule has 8 heteroatoms. The van der Waals surface area contributed by atoms with Crippen molar-refractivity contribution in [1.82, 2.24) is 14.9 Å². The highest BCUT2D eigenvalue weighted by Gasteiger charge is 2.39. The molecule has 1 saturated heterocycles. The van der Waals surface area contributed by atoms with E-state index in [2.05, 4.69) is 20.9 Å². The monoisotopic (exact) mass is 433 g/mol. The Bertz CT molecular complexity index is 1160. The van der Waals surface area contributed by atoms with E-state index in [1.54, 1.807) is 20.2 Å². The molecule has 1 N–H and O–H groups in total. The van der Waals surface area contributed by atoms with Gasteiger partial charge in [0.15, 0.2) is 0 Å². The Morgan fingerprint density at radius 1 is 1.09 bits per heavy atom. The normalized spacial score (nSPS) is 18.9. The van der Waals surface area contributed by atoms with Crippen molar-refractivity contribution in [2.45, 2.75) is 32.2 Å². The predicted octanol–water partition coefficient (Wildman–Crippen LogP) is 2.85. The van der Waals surface area contributed by atoms with Crippen molar-refractivity contribution in [3.8, 4) is 17.0 Å². The van der Waals surface area contributed by atoms with Gasteiger partial charge in [0.25, 0.3) is 0 Å². The molecule has 3 aromatic rings. The van der Waals surface area contributed by atoms with Gasteiger partial charge in [0.2, 0.25) is 18.1 Å². The topological polar surface area (TPSA) is 82.0 Å². The molecule has 4 heterocycles. The molecule has 1 fully saturated rings. The number of carbonyl (C=O) groups excluding carboxylic acids is 1. The summed E-state index contributed by atoms with van der Waals surface area (Å²) in [4.78, 5) is 26.6. The van der Waals surface area contributed by atoms with Crippen LogP contribution in [-0.2, 0) is 4.79 Å². The predicted molar refractivity (Wildman–Crippen MR) is 124 cm³/mol. The standard InChI is InChI=1S/C24H27N5O3/c1-15(30)28-10-8-18(9-11-28)29-23-19-12-16(17-5-7-22(32-3)26-13-17)4-6-20(19)25-14-21(23)27(2)24(29)31/h4-7,12-14,18,24,31H,8-11H2,1-3H3. The summed E-state index contributed by atoms with van der Waals surface area (Å²) < 4.78 is 5.18. The smallest absolute Gasteiger partial charge is 0.219 e. The summed E-state index contributed by atoms with van der Waals surface area (Å²) in [5, 5.41) is 12.1. The van der Waals surface area contributed by atoms with Gasteiger partial charge in [-0.25, -0.2) is 4.98 Å². The van der Waals surface area contributed by atoms with Crippen LogP contribution >= 0.6 is 0 Å². The summed E-state index contributed by atoms with van der Waals surface area (Å²) in [6, 6.07) is 10.1. The zero-order valence-electron chi connectivity index (χ0n) is 18.5. The zero-order chi connectivity index (χ0) is 22.4. The number of benzene rings is 1. The van der Waals surface area contributed by atoms with E-state index in [1.165, 1.54) is 0 Å². The van der Waals surface area contributed by atoms with E-state index >= 15 is 0 Å². The average Bonchev–Trinajstić information content (AvgIpc) is 3.09. The lowest BCUT2D eigenvalue weighted by atomic mass is 10.00. The molecule has 0 bridgehead atoms. The van der Waals surface area contributed by atoms with E-state index in [0.717, 1.165) is 46.2 Å². The number of hydrogen-bond acceptors (Lipinski definition) is 7. The number of piperidine rings is 1. The second kappa shape index (κ2) is 7.94. The lowest BCUT2D eigenvalue weighted by molar-refractivity contribution is -0.129. The molecular weight excluding hydrogens is 406 g/mol. The summed E-state index contributed by atoms with van der Waals surface area (Å²) in [7, 11) is 3.49. The molecule has 166 valence electrons. The number of likely N-dealkylation sites (tertiary alicyclic amines) is 1. The van der Waals surface area contributed by atoms with E-state index in [4.69, 9.17) is 4.74 Å². The van der Waals surface area contributed by atoms with Crippen LogP contribution < -0.4 is 14.5 Å². The van der Waals surface area contributed by atoms with E-state index in [0.29, 0.717) is 19.0 Å². The van der Waals surface area contributed by atoms with Gasteiger partial charge in [0.05, 0.1) is 30.2 Å². The van der Waals surface area contributed by atoms with E-state index in [-0.39, 0.29) is 11.9 Å². The average molecular weight is 434 g/mol. The molecule has 32 heavy (non-hydrogen) atoms. The Kier molecular flexibility index (Phi) is 5.09. The lowest BCUT2D eigenvalue weighted by Gasteiger charge is -2.39. The first-order valence-electron chi connectivity index (χ1n) is 10.9. The molecule has 2 aliphatic rings. The minimum absolute atomic E-state index is 0.107. The molecule has 0 saturated carbocycles. The first-order chi connectivity index (χ1) is 15.5. The maximum atomic E-state index is 11.8. The van der Waals surface area contributed by atoms with Gasteiger partial charge in [0.1, 0.15) is 0 Å². The van der Waals surface area contributed by atoms with Gasteiger partial charge in [-0.1, -0.05) is 6.07 Å². The van der Waals surface area contributed by atoms with Crippen LogP contribution in [0, 0.1) is 0 Å². The van der Waals surface area contributed by atoms with Gasteiger partial charge >= 0.3 is 0 Å². The molecule has 8 nitrogen and oxygen atoms in total. The van der Waals surface area contributed by atoms with Crippen molar-refractivity contribution in [1.29, 1.82) is 0 Å². The molecule has 1 aromatic carbocycles. The van der Waals surface area contributed by atoms with Crippen molar-refractivity contribution < 1.29 is 14.6 Å². The summed E-state index contributed by atoms with van der Waals surface area (Å²) in [6.07, 6.45) is 4.50. The van der Waals surface area contributed by atoms with Crippen LogP contribution in [-0.4, -0.2) is 65.5 Å². The number of aliphatic hydroxyl groups is 1. The molecule has 1 unspecified atom stereocenters. The second-order valence-electron chi connectivity index (χ2n) is 8.42. The number of fused-ring (bicyclic) bond motifs is 3. The molecule has 2 aromatic heterocycles. The van der Waals surface area contributed by atoms with Crippen LogP contribution in [0.15, 0.2) is 42.7 Å². The third-order valence-electron chi connectivity index (χ3n) is 6.64. The minimum atomic E-state index is -0.766. The van der Waals surface area contributed by atoms with Crippen LogP contribution in [0.5, 0.6) is 5.88 Å². The number of nitrogens with zero attached hydrogens (tertiary/aromatic N) is 5. The van der Waals surface area contributed by atoms with Gasteiger partial charge in [-0.15, -0.1) is 0 Å². The minimum Gasteiger partial charge on any atom is -0.481 e.